The zero-order valence-corrected chi connectivity index (χ0v) is 28.3. The van der Waals surface area contributed by atoms with Gasteiger partial charge in [-0.15, -0.1) is 11.3 Å². The zero-order valence-electron chi connectivity index (χ0n) is 27.5. The van der Waals surface area contributed by atoms with E-state index in [4.69, 9.17) is 15.0 Å². The smallest absolute Gasteiger partial charge is 0.174 e. The van der Waals surface area contributed by atoms with Crippen molar-refractivity contribution >= 4 is 54.4 Å². The maximum Gasteiger partial charge on any atom is 0.174 e. The minimum absolute atomic E-state index is 0.666. The average Bonchev–Trinajstić information content (AvgIpc) is 3.71. The van der Waals surface area contributed by atoms with E-state index in [2.05, 4.69) is 115 Å². The van der Waals surface area contributed by atoms with Crippen LogP contribution in [0.4, 0.5) is 0 Å². The first-order valence-electron chi connectivity index (χ1n) is 17.1. The van der Waals surface area contributed by atoms with Gasteiger partial charge in [-0.2, -0.15) is 0 Å². The molecule has 51 heavy (non-hydrogen) atoms. The Bertz CT molecular complexity index is 2850. The molecule has 10 rings (SSSR count). The number of rotatable bonds is 5. The topological polar surface area (TPSA) is 38.7 Å². The highest BCUT2D eigenvalue weighted by Crippen LogP contribution is 2.45. The molecule has 0 amide bonds. The summed E-state index contributed by atoms with van der Waals surface area (Å²) in [4.78, 5) is 17.1. The SMILES string of the molecule is c1ccc(-c2nc(-c3ccccc3)nc(-c3ccc(-c4cc5c6ccccc6c(-c6cccc7ccccc67)cc5c5ccccc45)s3)n2)cc1. The number of hydrogen-bond donors (Lipinski definition) is 0. The highest BCUT2D eigenvalue weighted by atomic mass is 32.1. The lowest BCUT2D eigenvalue weighted by Gasteiger charge is -2.16. The number of hydrogen-bond acceptors (Lipinski definition) is 4. The molecular formula is C47H29N3S. The van der Waals surface area contributed by atoms with Gasteiger partial charge in [0.05, 0.1) is 4.88 Å². The van der Waals surface area contributed by atoms with Gasteiger partial charge < -0.3 is 0 Å². The van der Waals surface area contributed by atoms with Gasteiger partial charge in [-0.05, 0) is 78.5 Å². The summed E-state index contributed by atoms with van der Waals surface area (Å²) in [5, 5.41) is 9.98. The van der Waals surface area contributed by atoms with Crippen LogP contribution in [0.25, 0.3) is 98.1 Å². The number of fused-ring (bicyclic) bond motifs is 6. The van der Waals surface area contributed by atoms with Gasteiger partial charge in [-0.1, -0.05) is 152 Å². The Hall–Kier alpha value is -6.49. The molecule has 0 saturated heterocycles. The second kappa shape index (κ2) is 12.1. The zero-order chi connectivity index (χ0) is 33.7. The van der Waals surface area contributed by atoms with E-state index in [1.807, 2.05) is 60.7 Å². The summed E-state index contributed by atoms with van der Waals surface area (Å²) in [6, 6.07) is 62.4. The molecule has 0 aliphatic heterocycles. The second-order valence-electron chi connectivity index (χ2n) is 12.8. The van der Waals surface area contributed by atoms with Gasteiger partial charge in [0.2, 0.25) is 0 Å². The second-order valence-corrected chi connectivity index (χ2v) is 13.8. The molecule has 0 aliphatic carbocycles. The molecule has 4 heteroatoms. The Kier molecular flexibility index (Phi) is 7.00. The predicted octanol–water partition coefficient (Wildman–Crippen LogP) is 12.9. The molecule has 0 fully saturated rings. The van der Waals surface area contributed by atoms with Crippen LogP contribution in [-0.2, 0) is 0 Å². The van der Waals surface area contributed by atoms with Crippen LogP contribution in [0.3, 0.4) is 0 Å². The van der Waals surface area contributed by atoms with Crippen molar-refractivity contribution in [3.05, 3.63) is 176 Å². The first kappa shape index (κ1) is 29.4. The van der Waals surface area contributed by atoms with E-state index in [1.165, 1.54) is 64.7 Å². The molecule has 0 atom stereocenters. The average molecular weight is 668 g/mol. The van der Waals surface area contributed by atoms with Crippen LogP contribution in [0.5, 0.6) is 0 Å². The summed E-state index contributed by atoms with van der Waals surface area (Å²) in [5.74, 6) is 2.01. The van der Waals surface area contributed by atoms with Gasteiger partial charge in [0, 0.05) is 21.6 Å². The summed E-state index contributed by atoms with van der Waals surface area (Å²) < 4.78 is 0. The Morgan fingerprint density at radius 1 is 0.294 bits per heavy atom. The summed E-state index contributed by atoms with van der Waals surface area (Å²) in [7, 11) is 0. The van der Waals surface area contributed by atoms with Crippen molar-refractivity contribution in [2.24, 2.45) is 0 Å². The number of benzene rings is 8. The van der Waals surface area contributed by atoms with Crippen LogP contribution < -0.4 is 0 Å². The van der Waals surface area contributed by atoms with Crippen molar-refractivity contribution < 1.29 is 0 Å². The molecule has 10 aromatic rings. The fraction of sp³-hybridized carbons (Fsp3) is 0. The van der Waals surface area contributed by atoms with E-state index in [0.717, 1.165) is 16.0 Å². The normalized spacial score (nSPS) is 11.5. The van der Waals surface area contributed by atoms with Crippen molar-refractivity contribution in [1.29, 1.82) is 0 Å². The highest BCUT2D eigenvalue weighted by molar-refractivity contribution is 7.18. The van der Waals surface area contributed by atoms with Crippen LogP contribution in [0.2, 0.25) is 0 Å². The van der Waals surface area contributed by atoms with E-state index in [0.29, 0.717) is 17.5 Å². The molecule has 0 aliphatic rings. The van der Waals surface area contributed by atoms with E-state index < -0.39 is 0 Å². The van der Waals surface area contributed by atoms with Crippen molar-refractivity contribution in [1.82, 2.24) is 15.0 Å². The number of aromatic nitrogens is 3. The summed E-state index contributed by atoms with van der Waals surface area (Å²) >= 11 is 1.72. The minimum Gasteiger partial charge on any atom is -0.208 e. The fourth-order valence-electron chi connectivity index (χ4n) is 7.36. The predicted molar refractivity (Wildman–Crippen MR) is 215 cm³/mol. The fourth-order valence-corrected chi connectivity index (χ4v) is 8.33. The van der Waals surface area contributed by atoms with Gasteiger partial charge >= 0.3 is 0 Å². The molecule has 2 aromatic heterocycles. The quantitative estimate of drug-likeness (QED) is 0.171. The van der Waals surface area contributed by atoms with Gasteiger partial charge in [-0.25, -0.2) is 15.0 Å². The van der Waals surface area contributed by atoms with Crippen molar-refractivity contribution in [2.45, 2.75) is 0 Å². The van der Waals surface area contributed by atoms with Gasteiger partial charge in [0.15, 0.2) is 17.5 Å². The summed E-state index contributed by atoms with van der Waals surface area (Å²) in [6.45, 7) is 0. The molecule has 2 heterocycles. The van der Waals surface area contributed by atoms with Crippen LogP contribution in [-0.4, -0.2) is 15.0 Å². The van der Waals surface area contributed by atoms with Crippen LogP contribution in [0.1, 0.15) is 0 Å². The highest BCUT2D eigenvalue weighted by Gasteiger charge is 2.18. The lowest BCUT2D eigenvalue weighted by atomic mass is 9.88. The maximum absolute atomic E-state index is 5.01. The largest absolute Gasteiger partial charge is 0.208 e. The molecule has 0 bridgehead atoms. The van der Waals surface area contributed by atoms with E-state index in [1.54, 1.807) is 11.3 Å². The molecule has 0 N–H and O–H groups in total. The van der Waals surface area contributed by atoms with Crippen molar-refractivity contribution in [2.75, 3.05) is 0 Å². The van der Waals surface area contributed by atoms with Gasteiger partial charge in [0.25, 0.3) is 0 Å². The van der Waals surface area contributed by atoms with Crippen LogP contribution >= 0.6 is 11.3 Å². The van der Waals surface area contributed by atoms with Crippen LogP contribution in [0, 0.1) is 0 Å². The van der Waals surface area contributed by atoms with E-state index >= 15 is 0 Å². The van der Waals surface area contributed by atoms with Crippen molar-refractivity contribution in [3.63, 3.8) is 0 Å². The lowest BCUT2D eigenvalue weighted by Crippen LogP contribution is -1.99. The Balaban J connectivity index is 1.17. The molecular weight excluding hydrogens is 639 g/mol. The Morgan fingerprint density at radius 2 is 0.765 bits per heavy atom. The van der Waals surface area contributed by atoms with E-state index in [-0.39, 0.29) is 0 Å². The summed E-state index contributed by atoms with van der Waals surface area (Å²) in [5.41, 5.74) is 5.64. The standard InChI is InChI=1S/C47H29N3S/c1-3-15-31(16-4-1)45-48-46(32-17-5-2-6-18-32)50-47(49-45)44-27-26-43(51-44)42-29-41-36-22-10-9-21-35(36)39(28-40(41)37-23-11-12-24-38(37)42)34-25-13-19-30-14-7-8-20-33(30)34/h1-29H. The number of nitrogens with zero attached hydrogens (tertiary/aromatic N) is 3. The minimum atomic E-state index is 0.666. The third kappa shape index (κ3) is 5.08. The van der Waals surface area contributed by atoms with E-state index in [9.17, 15) is 0 Å². The molecule has 0 unspecified atom stereocenters. The third-order valence-electron chi connectivity index (χ3n) is 9.75. The first-order chi connectivity index (χ1) is 25.3. The molecule has 238 valence electrons. The van der Waals surface area contributed by atoms with Gasteiger partial charge in [0.1, 0.15) is 0 Å². The maximum atomic E-state index is 5.01. The summed E-state index contributed by atoms with van der Waals surface area (Å²) in [6.07, 6.45) is 0. The molecule has 3 nitrogen and oxygen atoms in total. The van der Waals surface area contributed by atoms with Crippen LogP contribution in [0.15, 0.2) is 176 Å². The Labute approximate surface area is 299 Å². The molecule has 8 aromatic carbocycles. The number of thiophene rings is 1. The monoisotopic (exact) mass is 667 g/mol. The first-order valence-corrected chi connectivity index (χ1v) is 17.9. The van der Waals surface area contributed by atoms with Crippen molar-refractivity contribution in [3.8, 4) is 55.0 Å². The Morgan fingerprint density at radius 3 is 1.41 bits per heavy atom. The lowest BCUT2D eigenvalue weighted by molar-refractivity contribution is 1.08. The molecule has 0 saturated carbocycles. The molecule has 0 spiro atoms. The van der Waals surface area contributed by atoms with Gasteiger partial charge in [-0.3, -0.25) is 0 Å². The third-order valence-corrected chi connectivity index (χ3v) is 10.9. The molecule has 0 radical (unpaired) electrons.